The van der Waals surface area contributed by atoms with E-state index >= 15 is 0 Å². The largest absolute Gasteiger partial charge is 0.162 e. The van der Waals surface area contributed by atoms with Gasteiger partial charge in [-0.2, -0.15) is 11.8 Å². The highest BCUT2D eigenvalue weighted by Crippen LogP contribution is 2.13. The predicted octanol–water partition coefficient (Wildman–Crippen LogP) is 7.03. The highest BCUT2D eigenvalue weighted by Gasteiger charge is 1.94. The second-order valence-electron chi connectivity index (χ2n) is 5.71. The summed E-state index contributed by atoms with van der Waals surface area (Å²) < 4.78 is 0. The van der Waals surface area contributed by atoms with Crippen molar-refractivity contribution < 1.29 is 0 Å². The van der Waals surface area contributed by atoms with Crippen LogP contribution in [-0.2, 0) is 0 Å². The lowest BCUT2D eigenvalue weighted by Gasteiger charge is -2.03. The average Bonchev–Trinajstić information content (AvgIpc) is 2.43. The molecule has 1 radical (unpaired) electrons. The SMILES string of the molecule is [CH2]CCCCCCCCCSCCCCCCCC. The highest BCUT2D eigenvalue weighted by atomic mass is 32.2. The zero-order valence-electron chi connectivity index (χ0n) is 13.4. The topological polar surface area (TPSA) is 0 Å². The van der Waals surface area contributed by atoms with Gasteiger partial charge in [0.2, 0.25) is 0 Å². The first kappa shape index (κ1) is 19.4. The molecule has 1 heteroatoms. The van der Waals surface area contributed by atoms with Crippen LogP contribution in [0, 0.1) is 6.92 Å². The lowest BCUT2D eigenvalue weighted by atomic mass is 10.1. The molecule has 0 amide bonds. The van der Waals surface area contributed by atoms with E-state index in [0.29, 0.717) is 0 Å². The molecule has 0 aliphatic rings. The Balaban J connectivity index is 2.88. The van der Waals surface area contributed by atoms with Gasteiger partial charge in [0.05, 0.1) is 0 Å². The van der Waals surface area contributed by atoms with Crippen LogP contribution in [0.3, 0.4) is 0 Å². The minimum atomic E-state index is 1.12. The molecule has 0 fully saturated rings. The summed E-state index contributed by atoms with van der Waals surface area (Å²) in [5.74, 6) is 2.80. The van der Waals surface area contributed by atoms with Gasteiger partial charge in [0.15, 0.2) is 0 Å². The molecule has 0 nitrogen and oxygen atoms in total. The summed E-state index contributed by atoms with van der Waals surface area (Å²) in [6.07, 6.45) is 19.7. The fourth-order valence-electron chi connectivity index (χ4n) is 2.35. The first-order valence-corrected chi connectivity index (χ1v) is 9.94. The number of unbranched alkanes of at least 4 members (excludes halogenated alkanes) is 12. The van der Waals surface area contributed by atoms with Crippen LogP contribution in [-0.4, -0.2) is 11.5 Å². The van der Waals surface area contributed by atoms with Gasteiger partial charge < -0.3 is 0 Å². The molecule has 0 N–H and O–H groups in total. The summed E-state index contributed by atoms with van der Waals surface area (Å²) in [4.78, 5) is 0. The van der Waals surface area contributed by atoms with E-state index in [0.717, 1.165) is 6.42 Å². The van der Waals surface area contributed by atoms with E-state index in [2.05, 4.69) is 25.6 Å². The lowest BCUT2D eigenvalue weighted by Crippen LogP contribution is -1.86. The molecule has 0 spiro atoms. The molecule has 0 aliphatic heterocycles. The Labute approximate surface area is 127 Å². The molecule has 0 atom stereocenters. The third-order valence-corrected chi connectivity index (χ3v) is 4.84. The lowest BCUT2D eigenvalue weighted by molar-refractivity contribution is 0.593. The number of thioether (sulfide) groups is 1. The van der Waals surface area contributed by atoms with Crippen molar-refractivity contribution in [1.29, 1.82) is 0 Å². The highest BCUT2D eigenvalue weighted by molar-refractivity contribution is 7.99. The van der Waals surface area contributed by atoms with E-state index < -0.39 is 0 Å². The minimum absolute atomic E-state index is 1.12. The van der Waals surface area contributed by atoms with Crippen molar-refractivity contribution >= 4 is 11.8 Å². The summed E-state index contributed by atoms with van der Waals surface area (Å²) in [7, 11) is 0. The smallest absolute Gasteiger partial charge is 0.00675 e. The number of hydrogen-bond donors (Lipinski definition) is 0. The Bertz CT molecular complexity index is 129. The van der Waals surface area contributed by atoms with Crippen molar-refractivity contribution in [3.63, 3.8) is 0 Å². The first-order chi connectivity index (χ1) is 9.41. The molecule has 0 saturated heterocycles. The standard InChI is InChI=1S/C18H37S/c1-3-5-7-9-11-12-14-16-18-19-17-15-13-10-8-6-4-2/h1,3-18H2,2H3. The Morgan fingerprint density at radius 2 is 1.00 bits per heavy atom. The van der Waals surface area contributed by atoms with E-state index in [4.69, 9.17) is 0 Å². The average molecular weight is 286 g/mol. The quantitative estimate of drug-likeness (QED) is 0.274. The van der Waals surface area contributed by atoms with Gasteiger partial charge in [-0.15, -0.1) is 0 Å². The van der Waals surface area contributed by atoms with Crippen molar-refractivity contribution in [3.8, 4) is 0 Å². The van der Waals surface area contributed by atoms with Gasteiger partial charge in [-0.25, -0.2) is 0 Å². The summed E-state index contributed by atoms with van der Waals surface area (Å²) in [6, 6.07) is 0. The van der Waals surface area contributed by atoms with E-state index in [1.807, 2.05) is 0 Å². The molecule has 19 heavy (non-hydrogen) atoms. The predicted molar refractivity (Wildman–Crippen MR) is 93.0 cm³/mol. The molecular weight excluding hydrogens is 248 g/mol. The zero-order valence-corrected chi connectivity index (χ0v) is 14.2. The monoisotopic (exact) mass is 285 g/mol. The Kier molecular flexibility index (Phi) is 18.7. The third kappa shape index (κ3) is 18.4. The van der Waals surface area contributed by atoms with Crippen LogP contribution in [0.5, 0.6) is 0 Å². The second-order valence-corrected chi connectivity index (χ2v) is 6.93. The molecule has 0 rings (SSSR count). The maximum absolute atomic E-state index is 3.89. The van der Waals surface area contributed by atoms with Gasteiger partial charge in [0, 0.05) is 0 Å². The fraction of sp³-hybridized carbons (Fsp3) is 0.944. The molecule has 0 unspecified atom stereocenters. The van der Waals surface area contributed by atoms with Crippen molar-refractivity contribution in [2.24, 2.45) is 0 Å². The molecule has 0 aromatic rings. The van der Waals surface area contributed by atoms with Gasteiger partial charge in [-0.3, -0.25) is 0 Å². The van der Waals surface area contributed by atoms with Gasteiger partial charge >= 0.3 is 0 Å². The summed E-state index contributed by atoms with van der Waals surface area (Å²) in [5.41, 5.74) is 0. The van der Waals surface area contributed by atoms with E-state index in [1.165, 1.54) is 95.0 Å². The Morgan fingerprint density at radius 1 is 0.579 bits per heavy atom. The number of rotatable bonds is 16. The normalized spacial score (nSPS) is 11.1. The first-order valence-electron chi connectivity index (χ1n) is 8.78. The van der Waals surface area contributed by atoms with Crippen LogP contribution < -0.4 is 0 Å². The van der Waals surface area contributed by atoms with Gasteiger partial charge in [-0.05, 0) is 24.3 Å². The number of hydrogen-bond acceptors (Lipinski definition) is 1. The van der Waals surface area contributed by atoms with Crippen molar-refractivity contribution in [2.45, 2.75) is 96.8 Å². The van der Waals surface area contributed by atoms with Gasteiger partial charge in [-0.1, -0.05) is 90.9 Å². The summed E-state index contributed by atoms with van der Waals surface area (Å²) in [6.45, 7) is 6.17. The van der Waals surface area contributed by atoms with Crippen LogP contribution >= 0.6 is 11.8 Å². The van der Waals surface area contributed by atoms with Crippen LogP contribution in [0.25, 0.3) is 0 Å². The van der Waals surface area contributed by atoms with E-state index in [1.54, 1.807) is 0 Å². The van der Waals surface area contributed by atoms with Crippen molar-refractivity contribution in [2.75, 3.05) is 11.5 Å². The molecule has 115 valence electrons. The van der Waals surface area contributed by atoms with Crippen LogP contribution in [0.1, 0.15) is 96.8 Å². The molecule has 0 heterocycles. The maximum atomic E-state index is 3.89. The Hall–Kier alpha value is 0.350. The van der Waals surface area contributed by atoms with Crippen LogP contribution in [0.15, 0.2) is 0 Å². The molecular formula is C18H37S. The Morgan fingerprint density at radius 3 is 1.47 bits per heavy atom. The van der Waals surface area contributed by atoms with E-state index in [-0.39, 0.29) is 0 Å². The maximum Gasteiger partial charge on any atom is -0.00675 e. The second kappa shape index (κ2) is 18.4. The summed E-state index contributed by atoms with van der Waals surface area (Å²) >= 11 is 2.18. The molecule has 0 aromatic carbocycles. The van der Waals surface area contributed by atoms with Crippen molar-refractivity contribution in [3.05, 3.63) is 6.92 Å². The van der Waals surface area contributed by atoms with Crippen molar-refractivity contribution in [1.82, 2.24) is 0 Å². The summed E-state index contributed by atoms with van der Waals surface area (Å²) in [5, 5.41) is 0. The molecule has 0 bridgehead atoms. The van der Waals surface area contributed by atoms with Crippen LogP contribution in [0.4, 0.5) is 0 Å². The van der Waals surface area contributed by atoms with Gasteiger partial charge in [0.25, 0.3) is 0 Å². The fourth-order valence-corrected chi connectivity index (χ4v) is 3.37. The zero-order chi connectivity index (χ0) is 14.0. The third-order valence-electron chi connectivity index (χ3n) is 3.68. The molecule has 0 aliphatic carbocycles. The minimum Gasteiger partial charge on any atom is -0.162 e. The van der Waals surface area contributed by atoms with Gasteiger partial charge in [0.1, 0.15) is 0 Å². The molecule has 0 aromatic heterocycles. The molecule has 0 saturated carbocycles. The van der Waals surface area contributed by atoms with E-state index in [9.17, 15) is 0 Å². The van der Waals surface area contributed by atoms with Crippen LogP contribution in [0.2, 0.25) is 0 Å².